The Balaban J connectivity index is 0.00000176. The van der Waals surface area contributed by atoms with Crippen LogP contribution in [0, 0.1) is 0 Å². The minimum absolute atomic E-state index is 0. The standard InChI is InChI=1S/C17H18N2OS.H2S/c1-18-11-9-16(17-8-4-12-21-17)20-15-7-2-6-14-13(15)5-3-10-19-14;/h2-8,10,12,16,18H,9,11H2,1H3;1H2/t16-;/m0./s1. The number of rotatable bonds is 6. The third kappa shape index (κ3) is 3.80. The predicted molar refractivity (Wildman–Crippen MR) is 98.4 cm³/mol. The summed E-state index contributed by atoms with van der Waals surface area (Å²) >= 11 is 1.74. The Labute approximate surface area is 141 Å². The van der Waals surface area contributed by atoms with E-state index in [9.17, 15) is 0 Å². The van der Waals surface area contributed by atoms with E-state index < -0.39 is 0 Å². The van der Waals surface area contributed by atoms with Gasteiger partial charge < -0.3 is 10.1 Å². The predicted octanol–water partition coefficient (Wildman–Crippen LogP) is 4.14. The summed E-state index contributed by atoms with van der Waals surface area (Å²) in [5.74, 6) is 0.898. The number of aromatic nitrogens is 1. The van der Waals surface area contributed by atoms with Gasteiger partial charge in [0.2, 0.25) is 0 Å². The van der Waals surface area contributed by atoms with Crippen LogP contribution in [0.2, 0.25) is 0 Å². The van der Waals surface area contributed by atoms with Crippen LogP contribution in [0.25, 0.3) is 10.9 Å². The summed E-state index contributed by atoms with van der Waals surface area (Å²) in [5.41, 5.74) is 0.966. The fraction of sp³-hybridized carbons (Fsp3) is 0.235. The van der Waals surface area contributed by atoms with Gasteiger partial charge in [-0.25, -0.2) is 0 Å². The number of pyridine rings is 1. The second-order valence-electron chi connectivity index (χ2n) is 4.84. The summed E-state index contributed by atoms with van der Waals surface area (Å²) in [7, 11) is 1.97. The zero-order chi connectivity index (χ0) is 14.5. The highest BCUT2D eigenvalue weighted by Crippen LogP contribution is 2.31. The molecule has 5 heteroatoms. The third-order valence-electron chi connectivity index (χ3n) is 3.39. The highest BCUT2D eigenvalue weighted by Gasteiger charge is 2.15. The summed E-state index contributed by atoms with van der Waals surface area (Å²) < 4.78 is 6.30. The van der Waals surface area contributed by atoms with Crippen LogP contribution in [0.3, 0.4) is 0 Å². The number of nitrogens with one attached hydrogen (secondary N) is 1. The second kappa shape index (κ2) is 8.17. The number of benzene rings is 1. The molecule has 3 aromatic rings. The number of fused-ring (bicyclic) bond motifs is 1. The van der Waals surface area contributed by atoms with E-state index in [4.69, 9.17) is 4.74 Å². The highest BCUT2D eigenvalue weighted by molar-refractivity contribution is 7.59. The lowest BCUT2D eigenvalue weighted by Crippen LogP contribution is -2.15. The van der Waals surface area contributed by atoms with Crippen LogP contribution in [0.5, 0.6) is 5.75 Å². The molecule has 0 fully saturated rings. The van der Waals surface area contributed by atoms with Crippen molar-refractivity contribution < 1.29 is 4.74 Å². The van der Waals surface area contributed by atoms with E-state index >= 15 is 0 Å². The first-order chi connectivity index (χ1) is 10.4. The molecule has 0 saturated carbocycles. The van der Waals surface area contributed by atoms with Gasteiger partial charge in [-0.05, 0) is 49.3 Å². The Morgan fingerprint density at radius 3 is 2.86 bits per heavy atom. The van der Waals surface area contributed by atoms with Crippen LogP contribution in [-0.2, 0) is 0 Å². The maximum atomic E-state index is 6.30. The van der Waals surface area contributed by atoms with Crippen LogP contribution < -0.4 is 10.1 Å². The van der Waals surface area contributed by atoms with E-state index in [-0.39, 0.29) is 19.6 Å². The van der Waals surface area contributed by atoms with E-state index in [0.29, 0.717) is 0 Å². The Morgan fingerprint density at radius 1 is 1.18 bits per heavy atom. The smallest absolute Gasteiger partial charge is 0.134 e. The molecule has 3 nitrogen and oxygen atoms in total. The van der Waals surface area contributed by atoms with Gasteiger partial charge in [0.15, 0.2) is 0 Å². The first kappa shape index (κ1) is 16.8. The van der Waals surface area contributed by atoms with Crippen LogP contribution in [0.4, 0.5) is 0 Å². The average Bonchev–Trinajstić information content (AvgIpc) is 3.06. The fourth-order valence-corrected chi connectivity index (χ4v) is 3.13. The largest absolute Gasteiger partial charge is 0.484 e. The van der Waals surface area contributed by atoms with Crippen molar-refractivity contribution in [1.29, 1.82) is 0 Å². The van der Waals surface area contributed by atoms with Crippen molar-refractivity contribution in [3.8, 4) is 5.75 Å². The summed E-state index contributed by atoms with van der Waals surface area (Å²) in [5, 5.41) is 6.35. The summed E-state index contributed by atoms with van der Waals surface area (Å²) in [4.78, 5) is 5.64. The van der Waals surface area contributed by atoms with Gasteiger partial charge in [-0.3, -0.25) is 4.98 Å². The molecule has 1 aromatic carbocycles. The second-order valence-corrected chi connectivity index (χ2v) is 5.82. The number of ether oxygens (including phenoxy) is 1. The topological polar surface area (TPSA) is 34.1 Å². The van der Waals surface area contributed by atoms with Crippen LogP contribution >= 0.6 is 24.8 Å². The van der Waals surface area contributed by atoms with E-state index in [0.717, 1.165) is 29.6 Å². The van der Waals surface area contributed by atoms with Crippen molar-refractivity contribution in [3.05, 3.63) is 58.9 Å². The summed E-state index contributed by atoms with van der Waals surface area (Å²) in [6.07, 6.45) is 2.82. The fourth-order valence-electron chi connectivity index (χ4n) is 2.34. The molecule has 0 aliphatic carbocycles. The molecule has 0 spiro atoms. The molecule has 0 bridgehead atoms. The number of hydrogen-bond acceptors (Lipinski definition) is 4. The lowest BCUT2D eigenvalue weighted by molar-refractivity contribution is 0.201. The first-order valence-electron chi connectivity index (χ1n) is 7.07. The van der Waals surface area contributed by atoms with E-state index in [1.807, 2.05) is 37.5 Å². The minimum atomic E-state index is 0. The van der Waals surface area contributed by atoms with Crippen LogP contribution in [0.1, 0.15) is 17.4 Å². The maximum Gasteiger partial charge on any atom is 0.134 e. The van der Waals surface area contributed by atoms with Gasteiger partial charge in [-0.2, -0.15) is 13.5 Å². The number of hydrogen-bond donors (Lipinski definition) is 1. The van der Waals surface area contributed by atoms with Gasteiger partial charge >= 0.3 is 0 Å². The van der Waals surface area contributed by atoms with E-state index in [1.165, 1.54) is 4.88 Å². The maximum absolute atomic E-state index is 6.30. The van der Waals surface area contributed by atoms with Gasteiger partial charge in [0.25, 0.3) is 0 Å². The molecule has 22 heavy (non-hydrogen) atoms. The molecular weight excluding hydrogens is 312 g/mol. The van der Waals surface area contributed by atoms with Gasteiger partial charge in [-0.15, -0.1) is 11.3 Å². The van der Waals surface area contributed by atoms with Crippen LogP contribution in [0.15, 0.2) is 54.0 Å². The normalized spacial score (nSPS) is 11.9. The highest BCUT2D eigenvalue weighted by atomic mass is 32.1. The Bertz CT molecular complexity index is 695. The van der Waals surface area contributed by atoms with E-state index in [2.05, 4.69) is 33.9 Å². The number of nitrogens with zero attached hydrogens (tertiary/aromatic N) is 1. The first-order valence-corrected chi connectivity index (χ1v) is 7.95. The molecule has 0 aliphatic heterocycles. The summed E-state index contributed by atoms with van der Waals surface area (Å²) in [6.45, 7) is 0.922. The molecule has 2 aromatic heterocycles. The Kier molecular flexibility index (Phi) is 6.24. The zero-order valence-electron chi connectivity index (χ0n) is 12.5. The van der Waals surface area contributed by atoms with Crippen molar-refractivity contribution in [2.24, 2.45) is 0 Å². The van der Waals surface area contributed by atoms with E-state index in [1.54, 1.807) is 11.3 Å². The zero-order valence-corrected chi connectivity index (χ0v) is 14.3. The number of thiophene rings is 1. The van der Waals surface area contributed by atoms with Crippen molar-refractivity contribution in [3.63, 3.8) is 0 Å². The average molecular weight is 332 g/mol. The molecule has 2 heterocycles. The van der Waals surface area contributed by atoms with Gasteiger partial charge in [0, 0.05) is 22.9 Å². The minimum Gasteiger partial charge on any atom is -0.484 e. The van der Waals surface area contributed by atoms with Crippen molar-refractivity contribution in [1.82, 2.24) is 10.3 Å². The Morgan fingerprint density at radius 2 is 2.09 bits per heavy atom. The van der Waals surface area contributed by atoms with Crippen molar-refractivity contribution >= 4 is 35.7 Å². The van der Waals surface area contributed by atoms with Gasteiger partial charge in [-0.1, -0.05) is 12.1 Å². The van der Waals surface area contributed by atoms with Gasteiger partial charge in [0.05, 0.1) is 5.52 Å². The molecular formula is C17H20N2OS2. The van der Waals surface area contributed by atoms with Crippen molar-refractivity contribution in [2.75, 3.05) is 13.6 Å². The molecule has 0 radical (unpaired) electrons. The molecule has 3 rings (SSSR count). The van der Waals surface area contributed by atoms with Crippen LogP contribution in [-0.4, -0.2) is 18.6 Å². The molecule has 0 amide bonds. The molecule has 0 aliphatic rings. The lowest BCUT2D eigenvalue weighted by atomic mass is 10.1. The summed E-state index contributed by atoms with van der Waals surface area (Å²) in [6, 6.07) is 14.2. The molecule has 116 valence electrons. The molecule has 1 atom stereocenters. The lowest BCUT2D eigenvalue weighted by Gasteiger charge is -2.19. The van der Waals surface area contributed by atoms with Gasteiger partial charge in [0.1, 0.15) is 11.9 Å². The van der Waals surface area contributed by atoms with Crippen molar-refractivity contribution in [2.45, 2.75) is 12.5 Å². The molecule has 0 saturated heterocycles. The third-order valence-corrected chi connectivity index (χ3v) is 4.36. The monoisotopic (exact) mass is 332 g/mol. The molecule has 0 unspecified atom stereocenters. The Hall–Kier alpha value is -1.56. The molecule has 1 N–H and O–H groups in total. The SMILES string of the molecule is CNCC[C@H](Oc1cccc2ncccc12)c1cccs1.S. The quantitative estimate of drug-likeness (QED) is 0.737.